The van der Waals surface area contributed by atoms with E-state index in [4.69, 9.17) is 28.3 Å². The number of nitro benzene ring substituents is 1. The van der Waals surface area contributed by atoms with Crippen molar-refractivity contribution in [1.29, 1.82) is 5.26 Å². The highest BCUT2D eigenvalue weighted by atomic mass is 35.5. The van der Waals surface area contributed by atoms with Crippen molar-refractivity contribution in [2.75, 3.05) is 36.5 Å². The van der Waals surface area contributed by atoms with Gasteiger partial charge in [0.15, 0.2) is 0 Å². The van der Waals surface area contributed by atoms with E-state index in [1.165, 1.54) is 4.90 Å². The van der Waals surface area contributed by atoms with E-state index in [1.807, 2.05) is 37.1 Å². The first-order valence-corrected chi connectivity index (χ1v) is 11.1. The van der Waals surface area contributed by atoms with Crippen LogP contribution in [0.5, 0.6) is 0 Å². The molecular weight excluding hydrogens is 484 g/mol. The Morgan fingerprint density at radius 2 is 1.69 bits per heavy atom. The molecule has 0 aliphatic carbocycles. The number of nitriles is 1. The normalized spacial score (nSPS) is 11.9. The fourth-order valence-corrected chi connectivity index (χ4v) is 3.73. The standard InChI is InChI=1S/C18H19N3O2.C7H4ClN3O2/c1-12-11-13(7-8-16(12)19)20(2)9-10-21-17(22)14-5-3-4-6-15(14)18(21)23;8-6-2-5(11(12)13)1-4(3-9)7(6)10/h3-8,11H,9-10,19H2,1-2H3;1-2H,10H2. The minimum Gasteiger partial charge on any atom is -0.399 e. The number of likely N-dealkylation sites (N-methyl/N-ethyl adjacent to an activating group) is 1. The van der Waals surface area contributed by atoms with Crippen molar-refractivity contribution in [3.8, 4) is 6.07 Å². The van der Waals surface area contributed by atoms with E-state index in [-0.39, 0.29) is 33.8 Å². The third kappa shape index (κ3) is 5.37. The molecule has 184 valence electrons. The molecule has 0 unspecified atom stereocenters. The zero-order chi connectivity index (χ0) is 26.6. The molecule has 3 aromatic rings. The number of hydrogen-bond acceptors (Lipinski definition) is 8. The van der Waals surface area contributed by atoms with Crippen molar-refractivity contribution >= 4 is 46.2 Å². The number of non-ortho nitro benzene ring substituents is 1. The maximum atomic E-state index is 12.3. The lowest BCUT2D eigenvalue weighted by atomic mass is 10.1. The molecule has 0 spiro atoms. The van der Waals surface area contributed by atoms with Crippen molar-refractivity contribution in [1.82, 2.24) is 4.90 Å². The van der Waals surface area contributed by atoms with Gasteiger partial charge in [-0.3, -0.25) is 24.6 Å². The molecule has 0 radical (unpaired) electrons. The van der Waals surface area contributed by atoms with Crippen LogP contribution in [0.1, 0.15) is 31.8 Å². The number of nitrogens with zero attached hydrogens (tertiary/aromatic N) is 4. The number of nitrogens with two attached hydrogens (primary N) is 2. The largest absolute Gasteiger partial charge is 0.399 e. The van der Waals surface area contributed by atoms with Crippen molar-refractivity contribution in [3.63, 3.8) is 0 Å². The number of aryl methyl sites for hydroxylation is 1. The van der Waals surface area contributed by atoms with Gasteiger partial charge in [-0.05, 0) is 42.8 Å². The number of fused-ring (bicyclic) bond motifs is 1. The highest BCUT2D eigenvalue weighted by molar-refractivity contribution is 6.33. The summed E-state index contributed by atoms with van der Waals surface area (Å²) in [5, 5.41) is 18.9. The minimum absolute atomic E-state index is 0.0131. The molecule has 4 N–H and O–H groups in total. The van der Waals surface area contributed by atoms with Crippen molar-refractivity contribution < 1.29 is 14.5 Å². The third-order valence-corrected chi connectivity index (χ3v) is 5.99. The van der Waals surface area contributed by atoms with Gasteiger partial charge < -0.3 is 16.4 Å². The summed E-state index contributed by atoms with van der Waals surface area (Å²) in [7, 11) is 1.93. The van der Waals surface area contributed by atoms with Gasteiger partial charge in [0, 0.05) is 43.6 Å². The van der Waals surface area contributed by atoms with Crippen LogP contribution >= 0.6 is 11.6 Å². The molecule has 0 saturated heterocycles. The van der Waals surface area contributed by atoms with Crippen LogP contribution in [0, 0.1) is 28.4 Å². The molecule has 2 amide bonds. The number of carbonyl (C=O) groups is 2. The molecule has 0 saturated carbocycles. The monoisotopic (exact) mass is 506 g/mol. The molecule has 1 aliphatic heterocycles. The van der Waals surface area contributed by atoms with Gasteiger partial charge >= 0.3 is 0 Å². The molecule has 1 aliphatic rings. The number of halogens is 1. The molecular formula is C25H23ClN6O4. The van der Waals surface area contributed by atoms with Gasteiger partial charge in [-0.25, -0.2) is 0 Å². The Labute approximate surface area is 212 Å². The molecule has 3 aromatic carbocycles. The van der Waals surface area contributed by atoms with E-state index in [0.29, 0.717) is 24.2 Å². The number of nitrogen functional groups attached to an aromatic ring is 2. The number of anilines is 3. The number of amides is 2. The van der Waals surface area contributed by atoms with Crippen LogP contribution in [-0.2, 0) is 0 Å². The number of benzene rings is 3. The average molecular weight is 507 g/mol. The topological polar surface area (TPSA) is 160 Å². The quantitative estimate of drug-likeness (QED) is 0.227. The number of rotatable bonds is 5. The summed E-state index contributed by atoms with van der Waals surface area (Å²) in [5.41, 5.74) is 14.8. The average Bonchev–Trinajstić information content (AvgIpc) is 3.10. The summed E-state index contributed by atoms with van der Waals surface area (Å²) in [6, 6.07) is 16.7. The van der Waals surface area contributed by atoms with Crippen LogP contribution in [-0.4, -0.2) is 41.8 Å². The zero-order valence-corrected chi connectivity index (χ0v) is 20.3. The van der Waals surface area contributed by atoms with Gasteiger partial charge in [0.25, 0.3) is 17.5 Å². The van der Waals surface area contributed by atoms with Crippen LogP contribution in [0.4, 0.5) is 22.7 Å². The highest BCUT2D eigenvalue weighted by Crippen LogP contribution is 2.28. The fraction of sp³-hybridized carbons (Fsp3) is 0.160. The highest BCUT2D eigenvalue weighted by Gasteiger charge is 2.34. The van der Waals surface area contributed by atoms with Gasteiger partial charge in [-0.1, -0.05) is 23.7 Å². The van der Waals surface area contributed by atoms with E-state index < -0.39 is 4.92 Å². The fourth-order valence-electron chi connectivity index (χ4n) is 3.52. The molecule has 4 rings (SSSR count). The second-order valence-corrected chi connectivity index (χ2v) is 8.43. The molecule has 11 heteroatoms. The lowest BCUT2D eigenvalue weighted by Gasteiger charge is -2.23. The number of hydrogen-bond donors (Lipinski definition) is 2. The van der Waals surface area contributed by atoms with Crippen molar-refractivity contribution in [2.24, 2.45) is 0 Å². The number of nitro groups is 1. The summed E-state index contributed by atoms with van der Waals surface area (Å²) in [6.07, 6.45) is 0. The second-order valence-electron chi connectivity index (χ2n) is 8.03. The van der Waals surface area contributed by atoms with Gasteiger partial charge in [-0.2, -0.15) is 5.26 Å². The molecule has 1 heterocycles. The maximum Gasteiger partial charge on any atom is 0.272 e. The Bertz CT molecular complexity index is 1370. The summed E-state index contributed by atoms with van der Waals surface area (Å²) < 4.78 is 0. The van der Waals surface area contributed by atoms with Gasteiger partial charge in [0.05, 0.1) is 32.3 Å². The summed E-state index contributed by atoms with van der Waals surface area (Å²) in [6.45, 7) is 2.87. The van der Waals surface area contributed by atoms with Gasteiger partial charge in [0.2, 0.25) is 0 Å². The van der Waals surface area contributed by atoms with E-state index in [0.717, 1.165) is 29.1 Å². The molecule has 36 heavy (non-hydrogen) atoms. The predicted octanol–water partition coefficient (Wildman–Crippen LogP) is 4.01. The Morgan fingerprint density at radius 1 is 1.08 bits per heavy atom. The first kappa shape index (κ1) is 26.0. The Morgan fingerprint density at radius 3 is 2.22 bits per heavy atom. The molecule has 0 atom stereocenters. The van der Waals surface area contributed by atoms with Gasteiger partial charge in [0.1, 0.15) is 6.07 Å². The Balaban J connectivity index is 0.000000236. The minimum atomic E-state index is -0.633. The predicted molar refractivity (Wildman–Crippen MR) is 138 cm³/mol. The zero-order valence-electron chi connectivity index (χ0n) is 19.6. The van der Waals surface area contributed by atoms with E-state index in [9.17, 15) is 19.7 Å². The lowest BCUT2D eigenvalue weighted by Crippen LogP contribution is -2.37. The molecule has 0 aromatic heterocycles. The van der Waals surface area contributed by atoms with Crippen LogP contribution in [0.15, 0.2) is 54.6 Å². The summed E-state index contributed by atoms with van der Waals surface area (Å²) in [4.78, 5) is 37.7. The SMILES string of the molecule is Cc1cc(N(C)CCN2C(=O)c3ccccc3C2=O)ccc1N.N#Cc1cc([N+](=O)[O-])cc(Cl)c1N. The summed E-state index contributed by atoms with van der Waals surface area (Å²) in [5.74, 6) is -0.431. The smallest absolute Gasteiger partial charge is 0.272 e. The number of carbonyl (C=O) groups excluding carboxylic acids is 2. The number of imide groups is 1. The van der Waals surface area contributed by atoms with E-state index in [1.54, 1.807) is 30.3 Å². The first-order chi connectivity index (χ1) is 17.0. The lowest BCUT2D eigenvalue weighted by molar-refractivity contribution is -0.384. The maximum absolute atomic E-state index is 12.3. The van der Waals surface area contributed by atoms with Crippen LogP contribution in [0.3, 0.4) is 0 Å². The second kappa shape index (κ2) is 10.8. The third-order valence-electron chi connectivity index (χ3n) is 5.68. The molecule has 10 nitrogen and oxygen atoms in total. The van der Waals surface area contributed by atoms with Crippen LogP contribution < -0.4 is 16.4 Å². The van der Waals surface area contributed by atoms with Crippen molar-refractivity contribution in [3.05, 3.63) is 92.0 Å². The first-order valence-electron chi connectivity index (χ1n) is 10.7. The summed E-state index contributed by atoms with van der Waals surface area (Å²) >= 11 is 5.56. The Hall–Kier alpha value is -4.62. The van der Waals surface area contributed by atoms with Crippen molar-refractivity contribution in [2.45, 2.75) is 6.92 Å². The van der Waals surface area contributed by atoms with Crippen LogP contribution in [0.2, 0.25) is 5.02 Å². The molecule has 0 fully saturated rings. The van der Waals surface area contributed by atoms with Crippen LogP contribution in [0.25, 0.3) is 0 Å². The van der Waals surface area contributed by atoms with Gasteiger partial charge in [-0.15, -0.1) is 0 Å². The molecule has 0 bridgehead atoms. The van der Waals surface area contributed by atoms with E-state index >= 15 is 0 Å². The van der Waals surface area contributed by atoms with E-state index in [2.05, 4.69) is 0 Å². The Kier molecular flexibility index (Phi) is 7.77.